The summed E-state index contributed by atoms with van der Waals surface area (Å²) in [5.74, 6) is 0.850. The maximum atomic E-state index is 12.1. The van der Waals surface area contributed by atoms with Crippen molar-refractivity contribution in [3.8, 4) is 0 Å². The third-order valence-corrected chi connectivity index (χ3v) is 5.11. The van der Waals surface area contributed by atoms with Gasteiger partial charge in [0.1, 0.15) is 5.82 Å². The van der Waals surface area contributed by atoms with Gasteiger partial charge in [0.05, 0.1) is 21.5 Å². The van der Waals surface area contributed by atoms with Crippen LogP contribution in [0.15, 0.2) is 17.3 Å². The van der Waals surface area contributed by atoms with Crippen LogP contribution in [0.1, 0.15) is 24.7 Å². The van der Waals surface area contributed by atoms with Gasteiger partial charge in [-0.15, -0.1) is 10.2 Å². The van der Waals surface area contributed by atoms with Crippen LogP contribution in [0.2, 0.25) is 15.1 Å². The number of aromatic nitrogens is 3. The number of nitrogens with one attached hydrogen (secondary N) is 1. The lowest BCUT2D eigenvalue weighted by molar-refractivity contribution is -0.113. The Morgan fingerprint density at radius 1 is 1.30 bits per heavy atom. The highest BCUT2D eigenvalue weighted by molar-refractivity contribution is 7.99. The van der Waals surface area contributed by atoms with Crippen molar-refractivity contribution >= 4 is 58.2 Å². The number of halogens is 3. The predicted octanol–water partition coefficient (Wildman–Crippen LogP) is 4.61. The molecular formula is C14H13Cl3N4OS. The molecule has 1 aromatic heterocycles. The monoisotopic (exact) mass is 390 g/mol. The molecule has 2 aromatic rings. The van der Waals surface area contributed by atoms with Crippen molar-refractivity contribution in [2.45, 2.75) is 31.0 Å². The molecule has 3 rings (SSSR count). The number of anilines is 1. The van der Waals surface area contributed by atoms with E-state index in [4.69, 9.17) is 34.8 Å². The van der Waals surface area contributed by atoms with Gasteiger partial charge < -0.3 is 9.88 Å². The summed E-state index contributed by atoms with van der Waals surface area (Å²) in [6.45, 7) is 1.92. The number of carbonyl (C=O) groups excluding carboxylic acids is 1. The number of aryl methyl sites for hydroxylation is 1. The molecule has 1 N–H and O–H groups in total. The molecule has 1 amide bonds. The Morgan fingerprint density at radius 2 is 1.96 bits per heavy atom. The molecular weight excluding hydrogens is 379 g/mol. The topological polar surface area (TPSA) is 59.8 Å². The van der Waals surface area contributed by atoms with Gasteiger partial charge in [-0.25, -0.2) is 0 Å². The second-order valence-electron chi connectivity index (χ2n) is 5.21. The molecule has 0 radical (unpaired) electrons. The predicted molar refractivity (Wildman–Crippen MR) is 93.9 cm³/mol. The van der Waals surface area contributed by atoms with Crippen LogP contribution in [-0.2, 0) is 4.79 Å². The Bertz CT molecular complexity index is 737. The second kappa shape index (κ2) is 6.89. The van der Waals surface area contributed by atoms with E-state index in [1.165, 1.54) is 23.9 Å². The number of nitrogens with zero attached hydrogens (tertiary/aromatic N) is 3. The quantitative estimate of drug-likeness (QED) is 0.756. The van der Waals surface area contributed by atoms with Gasteiger partial charge in [-0.2, -0.15) is 0 Å². The van der Waals surface area contributed by atoms with Crippen LogP contribution < -0.4 is 5.32 Å². The molecule has 1 aliphatic rings. The largest absolute Gasteiger partial charge is 0.323 e. The first-order chi connectivity index (χ1) is 11.0. The Kier molecular flexibility index (Phi) is 5.06. The molecule has 0 saturated heterocycles. The Morgan fingerprint density at radius 3 is 2.57 bits per heavy atom. The van der Waals surface area contributed by atoms with Crippen molar-refractivity contribution < 1.29 is 4.79 Å². The van der Waals surface area contributed by atoms with Crippen molar-refractivity contribution in [1.29, 1.82) is 0 Å². The third kappa shape index (κ3) is 3.94. The molecule has 23 heavy (non-hydrogen) atoms. The minimum Gasteiger partial charge on any atom is -0.323 e. The van der Waals surface area contributed by atoms with E-state index in [1.807, 2.05) is 6.92 Å². The van der Waals surface area contributed by atoms with Gasteiger partial charge in [0.15, 0.2) is 5.16 Å². The van der Waals surface area contributed by atoms with Gasteiger partial charge >= 0.3 is 0 Å². The van der Waals surface area contributed by atoms with Crippen LogP contribution >= 0.6 is 46.6 Å². The lowest BCUT2D eigenvalue weighted by Gasteiger charge is -2.10. The summed E-state index contributed by atoms with van der Waals surface area (Å²) in [4.78, 5) is 12.1. The fourth-order valence-corrected chi connectivity index (χ4v) is 3.93. The average molecular weight is 392 g/mol. The maximum absolute atomic E-state index is 12.1. The second-order valence-corrected chi connectivity index (χ2v) is 7.41. The van der Waals surface area contributed by atoms with Gasteiger partial charge in [0.2, 0.25) is 5.91 Å². The summed E-state index contributed by atoms with van der Waals surface area (Å²) in [5, 5.41) is 12.7. The first-order valence-electron chi connectivity index (χ1n) is 6.94. The molecule has 0 atom stereocenters. The molecule has 122 valence electrons. The number of benzene rings is 1. The van der Waals surface area contributed by atoms with E-state index in [2.05, 4.69) is 20.1 Å². The summed E-state index contributed by atoms with van der Waals surface area (Å²) < 4.78 is 2.08. The number of amides is 1. The van der Waals surface area contributed by atoms with E-state index in [0.29, 0.717) is 26.8 Å². The number of thioether (sulfide) groups is 1. The van der Waals surface area contributed by atoms with E-state index in [0.717, 1.165) is 23.8 Å². The zero-order valence-corrected chi connectivity index (χ0v) is 15.2. The molecule has 0 aliphatic heterocycles. The lowest BCUT2D eigenvalue weighted by Crippen LogP contribution is -2.15. The molecule has 0 spiro atoms. The van der Waals surface area contributed by atoms with E-state index >= 15 is 0 Å². The van der Waals surface area contributed by atoms with Crippen molar-refractivity contribution in [2.75, 3.05) is 11.1 Å². The fourth-order valence-electron chi connectivity index (χ4n) is 2.17. The Balaban J connectivity index is 1.65. The van der Waals surface area contributed by atoms with Gasteiger partial charge in [-0.3, -0.25) is 4.79 Å². The maximum Gasteiger partial charge on any atom is 0.234 e. The van der Waals surface area contributed by atoms with Crippen LogP contribution in [0.4, 0.5) is 5.69 Å². The standard InChI is InChI=1S/C14H13Cl3N4OS/c1-7-19-20-14(21(7)9-2-3-9)23-6-12(22)18-13-10(16)4-8(15)5-11(13)17/h4-5,9H,2-3,6H2,1H3,(H,18,22). The van der Waals surface area contributed by atoms with Crippen LogP contribution in [0.5, 0.6) is 0 Å². The first-order valence-corrected chi connectivity index (χ1v) is 9.06. The molecule has 0 unspecified atom stereocenters. The number of carbonyl (C=O) groups is 1. The summed E-state index contributed by atoms with van der Waals surface area (Å²) in [6, 6.07) is 3.53. The zero-order chi connectivity index (χ0) is 16.6. The van der Waals surface area contributed by atoms with E-state index < -0.39 is 0 Å². The Labute approximate surface area is 152 Å². The van der Waals surface area contributed by atoms with Gasteiger partial charge in [-0.05, 0) is 31.9 Å². The summed E-state index contributed by atoms with van der Waals surface area (Å²) in [7, 11) is 0. The molecule has 5 nitrogen and oxygen atoms in total. The zero-order valence-electron chi connectivity index (χ0n) is 12.1. The van der Waals surface area contributed by atoms with E-state index in [-0.39, 0.29) is 11.7 Å². The normalized spacial score (nSPS) is 14.1. The van der Waals surface area contributed by atoms with E-state index in [9.17, 15) is 4.79 Å². The van der Waals surface area contributed by atoms with Crippen molar-refractivity contribution in [3.05, 3.63) is 33.0 Å². The highest BCUT2D eigenvalue weighted by atomic mass is 35.5. The first kappa shape index (κ1) is 16.9. The van der Waals surface area contributed by atoms with Gasteiger partial charge in [0.25, 0.3) is 0 Å². The molecule has 1 heterocycles. The average Bonchev–Trinajstić information content (AvgIpc) is 3.24. The van der Waals surface area contributed by atoms with Crippen LogP contribution in [0.25, 0.3) is 0 Å². The smallest absolute Gasteiger partial charge is 0.234 e. The summed E-state index contributed by atoms with van der Waals surface area (Å²) in [5.41, 5.74) is 0.364. The molecule has 1 fully saturated rings. The van der Waals surface area contributed by atoms with Crippen LogP contribution in [0, 0.1) is 6.92 Å². The Hall–Kier alpha value is -0.950. The van der Waals surface area contributed by atoms with Crippen molar-refractivity contribution in [1.82, 2.24) is 14.8 Å². The minimum atomic E-state index is -0.218. The molecule has 1 aliphatic carbocycles. The number of hydrogen-bond acceptors (Lipinski definition) is 4. The number of hydrogen-bond donors (Lipinski definition) is 1. The van der Waals surface area contributed by atoms with Gasteiger partial charge in [0, 0.05) is 11.1 Å². The molecule has 1 aromatic carbocycles. The van der Waals surface area contributed by atoms with E-state index in [1.54, 1.807) is 0 Å². The summed E-state index contributed by atoms with van der Waals surface area (Å²) in [6.07, 6.45) is 2.27. The molecule has 9 heteroatoms. The van der Waals surface area contributed by atoms with Crippen LogP contribution in [-0.4, -0.2) is 26.4 Å². The fraction of sp³-hybridized carbons (Fsp3) is 0.357. The van der Waals surface area contributed by atoms with Crippen LogP contribution in [0.3, 0.4) is 0 Å². The van der Waals surface area contributed by atoms with Crippen molar-refractivity contribution in [3.63, 3.8) is 0 Å². The SMILES string of the molecule is Cc1nnc(SCC(=O)Nc2c(Cl)cc(Cl)cc2Cl)n1C1CC1. The minimum absolute atomic E-state index is 0.195. The number of rotatable bonds is 5. The third-order valence-electron chi connectivity index (χ3n) is 3.35. The van der Waals surface area contributed by atoms with Gasteiger partial charge in [-0.1, -0.05) is 46.6 Å². The molecule has 0 bridgehead atoms. The highest BCUT2D eigenvalue weighted by Gasteiger charge is 2.28. The lowest BCUT2D eigenvalue weighted by atomic mass is 10.3. The van der Waals surface area contributed by atoms with Crippen molar-refractivity contribution in [2.24, 2.45) is 0 Å². The highest BCUT2D eigenvalue weighted by Crippen LogP contribution is 2.38. The molecule has 1 saturated carbocycles. The summed E-state index contributed by atoms with van der Waals surface area (Å²) >= 11 is 19.3.